The molecule has 1 unspecified atom stereocenters. The van der Waals surface area contributed by atoms with Crippen LogP contribution in [0, 0.1) is 6.92 Å². The average molecular weight is 470 g/mol. The Labute approximate surface area is 193 Å². The molecule has 0 aliphatic carbocycles. The Hall–Kier alpha value is -3.42. The predicted octanol–water partition coefficient (Wildman–Crippen LogP) is 5.69. The number of nitrogens with one attached hydrogen (secondary N) is 1. The molecule has 1 atom stereocenters. The second-order valence-electron chi connectivity index (χ2n) is 7.01. The third-order valence-electron chi connectivity index (χ3n) is 4.77. The molecule has 0 aliphatic rings. The van der Waals surface area contributed by atoms with Crippen LogP contribution >= 0.6 is 23.2 Å². The summed E-state index contributed by atoms with van der Waals surface area (Å²) in [4.78, 5) is 30.1. The molecule has 2 heterocycles. The molecule has 7 nitrogen and oxygen atoms in total. The van der Waals surface area contributed by atoms with E-state index in [2.05, 4.69) is 15.5 Å². The van der Waals surface area contributed by atoms with Crippen LogP contribution in [0.1, 0.15) is 23.0 Å². The van der Waals surface area contributed by atoms with E-state index in [1.165, 1.54) is 6.92 Å². The molecule has 0 fully saturated rings. The maximum absolute atomic E-state index is 13.0. The van der Waals surface area contributed by atoms with Gasteiger partial charge in [-0.3, -0.25) is 4.79 Å². The highest BCUT2D eigenvalue weighted by atomic mass is 35.5. The quantitative estimate of drug-likeness (QED) is 0.377. The van der Waals surface area contributed by atoms with Gasteiger partial charge in [-0.15, -0.1) is 0 Å². The van der Waals surface area contributed by atoms with Crippen LogP contribution < -0.4 is 5.32 Å². The summed E-state index contributed by atoms with van der Waals surface area (Å²) in [6, 6.07) is 15.8. The maximum Gasteiger partial charge on any atom is 0.339 e. The van der Waals surface area contributed by atoms with Gasteiger partial charge >= 0.3 is 5.97 Å². The molecular formula is C23H17Cl2N3O4. The summed E-state index contributed by atoms with van der Waals surface area (Å²) in [6.07, 6.45) is -1.11. The fraction of sp³-hybridized carbons (Fsp3) is 0.130. The smallest absolute Gasteiger partial charge is 0.339 e. The van der Waals surface area contributed by atoms with E-state index in [1.54, 1.807) is 31.2 Å². The summed E-state index contributed by atoms with van der Waals surface area (Å²) in [6.45, 7) is 3.16. The number of rotatable bonds is 5. The van der Waals surface area contributed by atoms with Crippen LogP contribution in [0.2, 0.25) is 10.0 Å². The van der Waals surface area contributed by atoms with Crippen LogP contribution in [0.25, 0.3) is 22.4 Å². The van der Waals surface area contributed by atoms with Gasteiger partial charge in [0.15, 0.2) is 6.10 Å². The lowest BCUT2D eigenvalue weighted by Crippen LogP contribution is -2.30. The van der Waals surface area contributed by atoms with Crippen molar-refractivity contribution >= 4 is 51.9 Å². The van der Waals surface area contributed by atoms with Gasteiger partial charge < -0.3 is 14.6 Å². The number of esters is 1. The molecular weight excluding hydrogens is 453 g/mol. The number of carbonyl (C=O) groups excluding carboxylic acids is 2. The number of amides is 1. The molecule has 0 bridgehead atoms. The van der Waals surface area contributed by atoms with Crippen LogP contribution in [0.4, 0.5) is 5.69 Å². The summed E-state index contributed by atoms with van der Waals surface area (Å²) in [5.74, 6) is -1.26. The minimum Gasteiger partial charge on any atom is -0.449 e. The van der Waals surface area contributed by atoms with Gasteiger partial charge in [0.2, 0.25) is 0 Å². The lowest BCUT2D eigenvalue weighted by atomic mass is 10.1. The first kappa shape index (κ1) is 21.8. The van der Waals surface area contributed by atoms with Gasteiger partial charge in [0.1, 0.15) is 0 Å². The van der Waals surface area contributed by atoms with Crippen LogP contribution in [-0.4, -0.2) is 28.1 Å². The van der Waals surface area contributed by atoms with E-state index in [9.17, 15) is 9.59 Å². The molecule has 0 saturated carbocycles. The van der Waals surface area contributed by atoms with Crippen molar-refractivity contribution in [3.8, 4) is 11.3 Å². The summed E-state index contributed by atoms with van der Waals surface area (Å²) < 4.78 is 10.7. The number of benzene rings is 2. The molecule has 0 aliphatic heterocycles. The highest BCUT2D eigenvalue weighted by molar-refractivity contribution is 6.44. The lowest BCUT2D eigenvalue weighted by Gasteiger charge is -2.15. The van der Waals surface area contributed by atoms with Crippen LogP contribution in [0.3, 0.4) is 0 Å². The van der Waals surface area contributed by atoms with Crippen molar-refractivity contribution in [2.75, 3.05) is 5.32 Å². The van der Waals surface area contributed by atoms with Gasteiger partial charge in [-0.1, -0.05) is 64.8 Å². The van der Waals surface area contributed by atoms with E-state index in [4.69, 9.17) is 32.5 Å². The lowest BCUT2D eigenvalue weighted by molar-refractivity contribution is -0.123. The fourth-order valence-electron chi connectivity index (χ4n) is 3.12. The zero-order valence-electron chi connectivity index (χ0n) is 17.1. The number of halogens is 2. The summed E-state index contributed by atoms with van der Waals surface area (Å²) >= 11 is 12.1. The molecule has 2 aromatic heterocycles. The minimum absolute atomic E-state index is 0.199. The Balaban J connectivity index is 1.61. The Kier molecular flexibility index (Phi) is 6.12. The Morgan fingerprint density at radius 1 is 1.09 bits per heavy atom. The highest BCUT2D eigenvalue weighted by Crippen LogP contribution is 2.30. The van der Waals surface area contributed by atoms with Gasteiger partial charge in [-0.2, -0.15) is 0 Å². The topological polar surface area (TPSA) is 94.3 Å². The first-order valence-electron chi connectivity index (χ1n) is 9.63. The number of fused-ring (bicyclic) bond motifs is 1. The molecule has 1 amide bonds. The van der Waals surface area contributed by atoms with E-state index in [-0.39, 0.29) is 16.3 Å². The van der Waals surface area contributed by atoms with Crippen molar-refractivity contribution in [2.45, 2.75) is 20.0 Å². The molecule has 9 heteroatoms. The van der Waals surface area contributed by atoms with Crippen molar-refractivity contribution in [2.24, 2.45) is 0 Å². The van der Waals surface area contributed by atoms with Crippen molar-refractivity contribution in [3.63, 3.8) is 0 Å². The van der Waals surface area contributed by atoms with Crippen molar-refractivity contribution in [1.82, 2.24) is 10.1 Å². The number of hydrogen-bond donors (Lipinski definition) is 1. The molecule has 2 aromatic carbocycles. The van der Waals surface area contributed by atoms with Crippen LogP contribution in [0.15, 0.2) is 59.1 Å². The molecule has 4 aromatic rings. The number of aryl methyl sites for hydroxylation is 1. The van der Waals surface area contributed by atoms with Crippen molar-refractivity contribution in [1.29, 1.82) is 0 Å². The molecule has 0 radical (unpaired) electrons. The average Bonchev–Trinajstić information content (AvgIpc) is 3.17. The highest BCUT2D eigenvalue weighted by Gasteiger charge is 2.25. The Morgan fingerprint density at radius 3 is 2.59 bits per heavy atom. The predicted molar refractivity (Wildman–Crippen MR) is 122 cm³/mol. The summed E-state index contributed by atoms with van der Waals surface area (Å²) in [7, 11) is 0. The molecule has 1 N–H and O–H groups in total. The van der Waals surface area contributed by atoms with Crippen molar-refractivity contribution in [3.05, 3.63) is 75.9 Å². The molecule has 4 rings (SSSR count). The monoisotopic (exact) mass is 469 g/mol. The number of anilines is 1. The second-order valence-corrected chi connectivity index (χ2v) is 7.79. The Bertz CT molecular complexity index is 1320. The van der Waals surface area contributed by atoms with E-state index in [0.29, 0.717) is 27.5 Å². The number of carbonyl (C=O) groups is 2. The third-order valence-corrected chi connectivity index (χ3v) is 5.59. The normalized spacial score (nSPS) is 11.9. The zero-order chi connectivity index (χ0) is 22.8. The molecule has 32 heavy (non-hydrogen) atoms. The zero-order valence-corrected chi connectivity index (χ0v) is 18.6. The first-order valence-corrected chi connectivity index (χ1v) is 10.4. The maximum atomic E-state index is 13.0. The van der Waals surface area contributed by atoms with Gasteiger partial charge in [-0.05, 0) is 32.0 Å². The fourth-order valence-corrected chi connectivity index (χ4v) is 3.47. The van der Waals surface area contributed by atoms with Crippen LogP contribution in [-0.2, 0) is 9.53 Å². The van der Waals surface area contributed by atoms with E-state index in [1.807, 2.05) is 30.3 Å². The van der Waals surface area contributed by atoms with Crippen LogP contribution in [0.5, 0.6) is 0 Å². The summed E-state index contributed by atoms with van der Waals surface area (Å²) in [5.41, 5.74) is 2.52. The number of pyridine rings is 1. The van der Waals surface area contributed by atoms with Gasteiger partial charge in [0.25, 0.3) is 11.6 Å². The minimum atomic E-state index is -1.11. The number of nitrogens with zero attached hydrogens (tertiary/aromatic N) is 2. The first-order chi connectivity index (χ1) is 15.3. The van der Waals surface area contributed by atoms with E-state index < -0.39 is 18.0 Å². The SMILES string of the molecule is Cc1noc2nc(-c3ccccc3)cc(C(=O)OC(C)C(=O)Nc3cccc(Cl)c3Cl)c12. The summed E-state index contributed by atoms with van der Waals surface area (Å²) in [5, 5.41) is 7.45. The molecule has 0 saturated heterocycles. The largest absolute Gasteiger partial charge is 0.449 e. The molecule has 0 spiro atoms. The third kappa shape index (κ3) is 4.30. The molecule has 162 valence electrons. The Morgan fingerprint density at radius 2 is 1.84 bits per heavy atom. The van der Waals surface area contributed by atoms with Gasteiger partial charge in [-0.25, -0.2) is 9.78 Å². The van der Waals surface area contributed by atoms with E-state index in [0.717, 1.165) is 5.56 Å². The van der Waals surface area contributed by atoms with Gasteiger partial charge in [0.05, 0.1) is 38.1 Å². The second kappa shape index (κ2) is 8.98. The standard InChI is InChI=1S/C23H17Cl2N3O4/c1-12-19-15(11-18(27-22(19)32-28-12)14-7-4-3-5-8-14)23(30)31-13(2)21(29)26-17-10-6-9-16(24)20(17)25/h3-11,13H,1-2H3,(H,26,29). The van der Waals surface area contributed by atoms with Gasteiger partial charge in [0, 0.05) is 5.56 Å². The number of aromatic nitrogens is 2. The van der Waals surface area contributed by atoms with E-state index >= 15 is 0 Å². The van der Waals surface area contributed by atoms with Crippen molar-refractivity contribution < 1.29 is 18.8 Å². The number of ether oxygens (including phenoxy) is 1. The number of hydrogen-bond acceptors (Lipinski definition) is 6.